The molecule has 4 rings (SSSR count). The maximum absolute atomic E-state index is 4.70. The zero-order chi connectivity index (χ0) is 22.5. The molecule has 2 aliphatic carbocycles. The van der Waals surface area contributed by atoms with Crippen molar-refractivity contribution in [2.45, 2.75) is 51.9 Å². The van der Waals surface area contributed by atoms with Gasteiger partial charge in [-0.05, 0) is 50.8 Å². The van der Waals surface area contributed by atoms with Gasteiger partial charge in [0, 0.05) is 49.5 Å². The van der Waals surface area contributed by atoms with E-state index in [0.29, 0.717) is 17.7 Å². The van der Waals surface area contributed by atoms with Gasteiger partial charge in [-0.25, -0.2) is 20.0 Å². The normalized spacial score (nSPS) is 20.4. The summed E-state index contributed by atoms with van der Waals surface area (Å²) in [5.41, 5.74) is 4.62. The van der Waals surface area contributed by atoms with Gasteiger partial charge in [0.2, 0.25) is 0 Å². The van der Waals surface area contributed by atoms with Crippen LogP contribution in [0.15, 0.2) is 70.4 Å². The van der Waals surface area contributed by atoms with Crippen LogP contribution in [0.4, 0.5) is 5.82 Å². The van der Waals surface area contributed by atoms with E-state index in [1.807, 2.05) is 39.4 Å². The minimum absolute atomic E-state index is 0.386. The summed E-state index contributed by atoms with van der Waals surface area (Å²) in [7, 11) is 1.90. The van der Waals surface area contributed by atoms with E-state index < -0.39 is 0 Å². The monoisotopic (exact) mass is 426 g/mol. The summed E-state index contributed by atoms with van der Waals surface area (Å²) in [6.07, 6.45) is 17.3. The van der Waals surface area contributed by atoms with E-state index in [1.165, 1.54) is 11.1 Å². The summed E-state index contributed by atoms with van der Waals surface area (Å²) in [4.78, 5) is 18.4. The van der Waals surface area contributed by atoms with Crippen LogP contribution in [-0.4, -0.2) is 34.0 Å². The fraction of sp³-hybridized carbons (Fsp3) is 0.346. The average Bonchev–Trinajstić information content (AvgIpc) is 3.59. The lowest BCUT2D eigenvalue weighted by Crippen LogP contribution is -2.14. The minimum atomic E-state index is 0.386. The van der Waals surface area contributed by atoms with Gasteiger partial charge in [0.25, 0.3) is 0 Å². The van der Waals surface area contributed by atoms with Crippen molar-refractivity contribution in [3.05, 3.63) is 83.1 Å². The fourth-order valence-electron chi connectivity index (χ4n) is 3.81. The van der Waals surface area contributed by atoms with Crippen molar-refractivity contribution >= 4 is 17.9 Å². The van der Waals surface area contributed by atoms with Crippen LogP contribution in [0.25, 0.3) is 0 Å². The number of aromatic nitrogens is 3. The van der Waals surface area contributed by atoms with E-state index in [9.17, 15) is 0 Å². The molecule has 164 valence electrons. The number of nitrogens with zero attached hydrogens (tertiary/aromatic N) is 6. The standard InChI is InChI=1S/C26H30N6/c1-18-11-12-24(28-17-18)22-15-23(22)25-16-26(30-20(3)29-25)32(4)31-19(2)27-14-13-21-9-7-5-6-8-10-21/h5,7-12,14,16-17,22-23H,6,13,15H2,1-4H3/b27-14?,31-19-. The lowest BCUT2D eigenvalue weighted by Gasteiger charge is -2.14. The third-order valence-electron chi connectivity index (χ3n) is 5.61. The molecule has 2 unspecified atom stereocenters. The van der Waals surface area contributed by atoms with Crippen molar-refractivity contribution in [2.75, 3.05) is 12.1 Å². The molecule has 2 aromatic heterocycles. The number of anilines is 1. The van der Waals surface area contributed by atoms with E-state index in [1.54, 1.807) is 5.01 Å². The smallest absolute Gasteiger partial charge is 0.152 e. The van der Waals surface area contributed by atoms with E-state index in [0.717, 1.165) is 42.3 Å². The second-order valence-electron chi connectivity index (χ2n) is 8.40. The molecule has 2 aliphatic rings. The number of aryl methyl sites for hydroxylation is 2. The Hall–Kier alpha value is -3.41. The predicted molar refractivity (Wildman–Crippen MR) is 131 cm³/mol. The molecule has 0 saturated heterocycles. The Bertz CT molecular complexity index is 1110. The van der Waals surface area contributed by atoms with Crippen molar-refractivity contribution in [3.8, 4) is 0 Å². The summed E-state index contributed by atoms with van der Waals surface area (Å²) < 4.78 is 0. The molecule has 6 heteroatoms. The lowest BCUT2D eigenvalue weighted by molar-refractivity contribution is 0.871. The molecular formula is C26H30N6. The van der Waals surface area contributed by atoms with Crippen LogP contribution >= 0.6 is 0 Å². The first-order valence-electron chi connectivity index (χ1n) is 11.1. The molecule has 0 aromatic carbocycles. The number of pyridine rings is 1. The quantitative estimate of drug-likeness (QED) is 0.351. The molecule has 0 spiro atoms. The number of allylic oxidation sites excluding steroid dienone is 6. The number of aliphatic imine (C=N–C) groups is 1. The Morgan fingerprint density at radius 3 is 2.81 bits per heavy atom. The van der Waals surface area contributed by atoms with Gasteiger partial charge in [-0.1, -0.05) is 36.4 Å². The first-order chi connectivity index (χ1) is 15.5. The zero-order valence-electron chi connectivity index (χ0n) is 19.2. The molecule has 2 aromatic rings. The van der Waals surface area contributed by atoms with Gasteiger partial charge >= 0.3 is 0 Å². The highest BCUT2D eigenvalue weighted by molar-refractivity contribution is 5.88. The van der Waals surface area contributed by atoms with Gasteiger partial charge in [0.1, 0.15) is 11.7 Å². The van der Waals surface area contributed by atoms with E-state index in [-0.39, 0.29) is 0 Å². The largest absolute Gasteiger partial charge is 0.261 e. The average molecular weight is 427 g/mol. The molecule has 2 atom stereocenters. The molecule has 2 heterocycles. The third-order valence-corrected chi connectivity index (χ3v) is 5.61. The van der Waals surface area contributed by atoms with E-state index in [2.05, 4.69) is 69.5 Å². The van der Waals surface area contributed by atoms with E-state index >= 15 is 0 Å². The molecule has 0 bridgehead atoms. The lowest BCUT2D eigenvalue weighted by atomic mass is 10.1. The Kier molecular flexibility index (Phi) is 6.69. The predicted octanol–water partition coefficient (Wildman–Crippen LogP) is 5.43. The van der Waals surface area contributed by atoms with Crippen LogP contribution in [0.5, 0.6) is 0 Å². The molecule has 0 radical (unpaired) electrons. The Morgan fingerprint density at radius 2 is 2.00 bits per heavy atom. The second-order valence-corrected chi connectivity index (χ2v) is 8.40. The molecule has 0 aliphatic heterocycles. The van der Waals surface area contributed by atoms with E-state index in [4.69, 9.17) is 4.98 Å². The Labute approximate surface area is 190 Å². The van der Waals surface area contributed by atoms with Crippen molar-refractivity contribution < 1.29 is 0 Å². The number of hydrogen-bond donors (Lipinski definition) is 0. The van der Waals surface area contributed by atoms with Crippen molar-refractivity contribution in [1.82, 2.24) is 15.0 Å². The van der Waals surface area contributed by atoms with Gasteiger partial charge < -0.3 is 0 Å². The summed E-state index contributed by atoms with van der Waals surface area (Å²) in [5, 5.41) is 6.37. The fourth-order valence-corrected chi connectivity index (χ4v) is 3.81. The third kappa shape index (κ3) is 5.63. The molecule has 1 saturated carbocycles. The molecule has 32 heavy (non-hydrogen) atoms. The van der Waals surface area contributed by atoms with Gasteiger partial charge in [0.15, 0.2) is 5.82 Å². The highest BCUT2D eigenvalue weighted by Crippen LogP contribution is 2.53. The summed E-state index contributed by atoms with van der Waals surface area (Å²) in [6, 6.07) is 6.29. The van der Waals surface area contributed by atoms with Gasteiger partial charge in [0.05, 0.1) is 5.69 Å². The highest BCUT2D eigenvalue weighted by Gasteiger charge is 2.42. The number of hydrogen-bond acceptors (Lipinski definition) is 5. The van der Waals surface area contributed by atoms with Crippen LogP contribution in [-0.2, 0) is 0 Å². The van der Waals surface area contributed by atoms with Crippen molar-refractivity contribution in [1.29, 1.82) is 0 Å². The second kappa shape index (κ2) is 9.81. The van der Waals surface area contributed by atoms with Gasteiger partial charge in [-0.15, -0.1) is 0 Å². The Morgan fingerprint density at radius 1 is 1.16 bits per heavy atom. The van der Waals surface area contributed by atoms with Crippen LogP contribution in [0.1, 0.15) is 60.8 Å². The summed E-state index contributed by atoms with van der Waals surface area (Å²) in [6.45, 7) is 5.89. The summed E-state index contributed by atoms with van der Waals surface area (Å²) in [5.74, 6) is 3.04. The topological polar surface area (TPSA) is 66.6 Å². The van der Waals surface area contributed by atoms with Gasteiger partial charge in [-0.2, -0.15) is 5.10 Å². The summed E-state index contributed by atoms with van der Waals surface area (Å²) >= 11 is 0. The number of hydrazone groups is 1. The molecule has 0 amide bonds. The van der Waals surface area contributed by atoms with Crippen molar-refractivity contribution in [2.24, 2.45) is 10.1 Å². The Balaban J connectivity index is 1.42. The maximum Gasteiger partial charge on any atom is 0.152 e. The van der Waals surface area contributed by atoms with Crippen LogP contribution in [0, 0.1) is 13.8 Å². The molecular weight excluding hydrogens is 396 g/mol. The number of rotatable bonds is 6. The first kappa shape index (κ1) is 21.8. The van der Waals surface area contributed by atoms with Crippen LogP contribution in [0.2, 0.25) is 0 Å². The first-order valence-corrected chi connectivity index (χ1v) is 11.1. The SMILES string of the molecule is C/C(N=CCC1=CC=CCC=C1)=N/N(C)c1cc(C2CC2c2ccc(C)cn2)nc(C)n1. The molecule has 6 nitrogen and oxygen atoms in total. The van der Waals surface area contributed by atoms with Crippen molar-refractivity contribution in [3.63, 3.8) is 0 Å². The maximum atomic E-state index is 4.70. The van der Waals surface area contributed by atoms with Gasteiger partial charge in [-0.3, -0.25) is 4.98 Å². The zero-order valence-corrected chi connectivity index (χ0v) is 19.2. The van der Waals surface area contributed by atoms with Crippen LogP contribution in [0.3, 0.4) is 0 Å². The van der Waals surface area contributed by atoms with Crippen LogP contribution < -0.4 is 5.01 Å². The molecule has 1 fully saturated rings. The highest BCUT2D eigenvalue weighted by atomic mass is 15.5. The minimum Gasteiger partial charge on any atom is -0.261 e. The molecule has 0 N–H and O–H groups in total. The number of amidine groups is 1.